The van der Waals surface area contributed by atoms with Crippen molar-refractivity contribution < 1.29 is 9.53 Å². The third-order valence-corrected chi connectivity index (χ3v) is 3.49. The lowest BCUT2D eigenvalue weighted by Crippen LogP contribution is -2.40. The summed E-state index contributed by atoms with van der Waals surface area (Å²) < 4.78 is 5.31. The molecule has 1 fully saturated rings. The molecule has 0 unspecified atom stereocenters. The molecule has 0 heterocycles. The van der Waals surface area contributed by atoms with Crippen molar-refractivity contribution in [2.75, 3.05) is 13.7 Å². The lowest BCUT2D eigenvalue weighted by Gasteiger charge is -2.22. The van der Waals surface area contributed by atoms with Crippen LogP contribution in [0.15, 0.2) is 36.3 Å². The highest BCUT2D eigenvalue weighted by Crippen LogP contribution is 2.44. The number of rotatable bonds is 6. The van der Waals surface area contributed by atoms with Crippen LogP contribution in [0.2, 0.25) is 0 Å². The van der Waals surface area contributed by atoms with E-state index < -0.39 is 0 Å². The zero-order valence-electron chi connectivity index (χ0n) is 10.8. The number of hydrogen-bond donors (Lipinski definition) is 2. The summed E-state index contributed by atoms with van der Waals surface area (Å²) in [5.74, 6) is 0.972. The zero-order chi connectivity index (χ0) is 13.0. The number of amides is 1. The predicted octanol–water partition coefficient (Wildman–Crippen LogP) is 1.62. The Balaban J connectivity index is 1.95. The van der Waals surface area contributed by atoms with E-state index in [9.17, 15) is 4.79 Å². The Kier molecular flexibility index (Phi) is 3.87. The van der Waals surface area contributed by atoms with Crippen LogP contribution in [-0.2, 0) is 9.53 Å². The van der Waals surface area contributed by atoms with Crippen molar-refractivity contribution >= 4 is 5.91 Å². The van der Waals surface area contributed by atoms with E-state index in [0.29, 0.717) is 6.54 Å². The number of methoxy groups -OCH3 is 1. The molecule has 2 N–H and O–H groups in total. The minimum absolute atomic E-state index is 0.0112. The molecule has 18 heavy (non-hydrogen) atoms. The Morgan fingerprint density at radius 2 is 2.39 bits per heavy atom. The lowest BCUT2D eigenvalue weighted by molar-refractivity contribution is -0.119. The van der Waals surface area contributed by atoms with Crippen molar-refractivity contribution in [1.82, 2.24) is 10.6 Å². The maximum Gasteiger partial charge on any atom is 0.237 e. The highest BCUT2D eigenvalue weighted by atomic mass is 16.5. The molecule has 0 bridgehead atoms. The van der Waals surface area contributed by atoms with Crippen LogP contribution in [0.5, 0.6) is 0 Å². The Labute approximate surface area is 108 Å². The molecule has 1 saturated carbocycles. The van der Waals surface area contributed by atoms with Crippen LogP contribution in [0.3, 0.4) is 0 Å². The average molecular weight is 248 g/mol. The smallest absolute Gasteiger partial charge is 0.237 e. The molecule has 0 radical (unpaired) electrons. The van der Waals surface area contributed by atoms with E-state index in [-0.39, 0.29) is 11.4 Å². The number of allylic oxidation sites excluding steroid dienone is 2. The van der Waals surface area contributed by atoms with Crippen molar-refractivity contribution in [2.24, 2.45) is 0 Å². The largest absolute Gasteiger partial charge is 0.501 e. The molecule has 2 rings (SSSR count). The predicted molar refractivity (Wildman–Crippen MR) is 70.7 cm³/mol. The van der Waals surface area contributed by atoms with Crippen molar-refractivity contribution in [3.63, 3.8) is 0 Å². The van der Waals surface area contributed by atoms with Gasteiger partial charge in [-0.2, -0.15) is 0 Å². The lowest BCUT2D eigenvalue weighted by atomic mass is 9.97. The highest BCUT2D eigenvalue weighted by Gasteiger charge is 2.45. The molecule has 98 valence electrons. The minimum Gasteiger partial charge on any atom is -0.501 e. The van der Waals surface area contributed by atoms with E-state index >= 15 is 0 Å². The maximum absolute atomic E-state index is 11.4. The Hall–Kier alpha value is -1.55. The van der Waals surface area contributed by atoms with E-state index in [0.717, 1.165) is 31.4 Å². The van der Waals surface area contributed by atoms with Crippen LogP contribution in [-0.4, -0.2) is 25.1 Å². The maximum atomic E-state index is 11.4. The van der Waals surface area contributed by atoms with E-state index in [1.54, 1.807) is 7.11 Å². The summed E-state index contributed by atoms with van der Waals surface area (Å²) in [5, 5.41) is 5.91. The van der Waals surface area contributed by atoms with Crippen molar-refractivity contribution in [1.29, 1.82) is 0 Å². The highest BCUT2D eigenvalue weighted by molar-refractivity contribution is 5.79. The van der Waals surface area contributed by atoms with Crippen LogP contribution >= 0.6 is 0 Å². The van der Waals surface area contributed by atoms with Gasteiger partial charge in [-0.05, 0) is 37.1 Å². The summed E-state index contributed by atoms with van der Waals surface area (Å²) in [6.45, 7) is 3.79. The van der Waals surface area contributed by atoms with Crippen LogP contribution in [0.4, 0.5) is 0 Å². The molecular weight excluding hydrogens is 228 g/mol. The number of hydrogen-bond acceptors (Lipinski definition) is 3. The molecule has 2 aliphatic carbocycles. The van der Waals surface area contributed by atoms with Gasteiger partial charge in [-0.25, -0.2) is 0 Å². The van der Waals surface area contributed by atoms with Crippen molar-refractivity contribution in [2.45, 2.75) is 31.2 Å². The molecule has 0 aromatic rings. The summed E-state index contributed by atoms with van der Waals surface area (Å²) in [6.07, 6.45) is 9.89. The Bertz CT molecular complexity index is 406. The molecule has 0 aromatic carbocycles. The first-order valence-corrected chi connectivity index (χ1v) is 6.31. The summed E-state index contributed by atoms with van der Waals surface area (Å²) in [6, 6.07) is 0. The van der Waals surface area contributed by atoms with Crippen LogP contribution < -0.4 is 10.6 Å². The van der Waals surface area contributed by atoms with Crippen molar-refractivity contribution in [3.05, 3.63) is 36.3 Å². The first kappa shape index (κ1) is 12.9. The van der Waals surface area contributed by atoms with Gasteiger partial charge in [0.25, 0.3) is 0 Å². The fraction of sp³-hybridized carbons (Fsp3) is 0.500. The minimum atomic E-state index is -0.0522. The fourth-order valence-corrected chi connectivity index (χ4v) is 2.28. The van der Waals surface area contributed by atoms with Gasteiger partial charge in [-0.1, -0.05) is 12.7 Å². The monoisotopic (exact) mass is 248 g/mol. The number of ether oxygens (including phenoxy) is 1. The molecule has 0 spiro atoms. The fourth-order valence-electron chi connectivity index (χ4n) is 2.28. The van der Waals surface area contributed by atoms with Gasteiger partial charge in [-0.3, -0.25) is 10.1 Å². The Morgan fingerprint density at radius 1 is 1.61 bits per heavy atom. The van der Waals surface area contributed by atoms with Gasteiger partial charge in [0.2, 0.25) is 5.91 Å². The first-order valence-electron chi connectivity index (χ1n) is 6.31. The topological polar surface area (TPSA) is 50.4 Å². The quantitative estimate of drug-likeness (QED) is 0.751. The molecule has 2 aliphatic rings. The van der Waals surface area contributed by atoms with Gasteiger partial charge in [0.1, 0.15) is 0 Å². The SMILES string of the molecule is C=CNC(=O)CNC1(C2=CCCC(OC)=C2)CC1. The number of nitrogens with one attached hydrogen (secondary N) is 2. The summed E-state index contributed by atoms with van der Waals surface area (Å²) in [5.41, 5.74) is 1.25. The van der Waals surface area contributed by atoms with Gasteiger partial charge in [-0.15, -0.1) is 0 Å². The summed E-state index contributed by atoms with van der Waals surface area (Å²) >= 11 is 0. The second kappa shape index (κ2) is 5.40. The van der Waals surface area contributed by atoms with E-state index in [1.165, 1.54) is 11.8 Å². The van der Waals surface area contributed by atoms with Crippen LogP contribution in [0.25, 0.3) is 0 Å². The van der Waals surface area contributed by atoms with Crippen molar-refractivity contribution in [3.8, 4) is 0 Å². The molecule has 4 nitrogen and oxygen atoms in total. The molecule has 4 heteroatoms. The average Bonchev–Trinajstić information content (AvgIpc) is 3.18. The summed E-state index contributed by atoms with van der Waals surface area (Å²) in [4.78, 5) is 11.4. The van der Waals surface area contributed by atoms with E-state index in [4.69, 9.17) is 4.74 Å². The van der Waals surface area contributed by atoms with Crippen LogP contribution in [0, 0.1) is 0 Å². The molecule has 0 atom stereocenters. The molecule has 1 amide bonds. The number of carbonyl (C=O) groups is 1. The van der Waals surface area contributed by atoms with Crippen LogP contribution in [0.1, 0.15) is 25.7 Å². The normalized spacial score (nSPS) is 20.5. The van der Waals surface area contributed by atoms with Gasteiger partial charge in [0.15, 0.2) is 0 Å². The van der Waals surface area contributed by atoms with E-state index in [2.05, 4.69) is 29.4 Å². The third-order valence-electron chi connectivity index (χ3n) is 3.49. The molecule has 0 aromatic heterocycles. The second-order valence-corrected chi connectivity index (χ2v) is 4.72. The van der Waals surface area contributed by atoms with E-state index in [1.807, 2.05) is 0 Å². The summed E-state index contributed by atoms with van der Waals surface area (Å²) in [7, 11) is 1.71. The van der Waals surface area contributed by atoms with Gasteiger partial charge in [0.05, 0.1) is 19.4 Å². The van der Waals surface area contributed by atoms with Gasteiger partial charge < -0.3 is 10.1 Å². The van der Waals surface area contributed by atoms with Gasteiger partial charge >= 0.3 is 0 Å². The first-order chi connectivity index (χ1) is 8.70. The molecule has 0 aliphatic heterocycles. The van der Waals surface area contributed by atoms with Gasteiger partial charge in [0, 0.05) is 12.0 Å². The molecular formula is C14H20N2O2. The number of carbonyl (C=O) groups excluding carboxylic acids is 1. The Morgan fingerprint density at radius 3 is 3.00 bits per heavy atom. The third kappa shape index (κ3) is 2.82. The standard InChI is InChI=1S/C14H20N2O2/c1-3-15-13(17)10-16-14(7-8-14)11-5-4-6-12(9-11)18-2/h3,5,9,16H,1,4,6-8,10H2,2H3,(H,15,17). The zero-order valence-corrected chi connectivity index (χ0v) is 10.8. The molecule has 0 saturated heterocycles. The second-order valence-electron chi connectivity index (χ2n) is 4.72.